The Labute approximate surface area is 153 Å². The molecule has 0 amide bonds. The summed E-state index contributed by atoms with van der Waals surface area (Å²) >= 11 is -0.408. The van der Waals surface area contributed by atoms with Gasteiger partial charge in [0.25, 0.3) is 0 Å². The molecule has 0 radical (unpaired) electrons. The van der Waals surface area contributed by atoms with E-state index in [1.807, 2.05) is 11.1 Å². The van der Waals surface area contributed by atoms with Crippen LogP contribution in [0.2, 0.25) is 7.25 Å². The quantitative estimate of drug-likeness (QED) is 0.490. The molecule has 4 aliphatic carbocycles. The second-order valence-electron chi connectivity index (χ2n) is 7.86. The van der Waals surface area contributed by atoms with Crippen LogP contribution in [-0.2, 0) is 23.2 Å². The molecule has 0 bridgehead atoms. The van der Waals surface area contributed by atoms with E-state index in [-0.39, 0.29) is 0 Å². The Balaban J connectivity index is 1.50. The van der Waals surface area contributed by atoms with Gasteiger partial charge >= 0.3 is 154 Å². The van der Waals surface area contributed by atoms with Gasteiger partial charge in [0.2, 0.25) is 0 Å². The van der Waals surface area contributed by atoms with Gasteiger partial charge < -0.3 is 0 Å². The molecule has 0 aromatic carbocycles. The Hall–Kier alpha value is -0.157. The van der Waals surface area contributed by atoms with E-state index in [0.29, 0.717) is 0 Å². The molecule has 0 saturated heterocycles. The second-order valence-corrected chi connectivity index (χ2v) is 12.1. The van der Waals surface area contributed by atoms with Crippen molar-refractivity contribution in [3.63, 3.8) is 0 Å². The van der Waals surface area contributed by atoms with E-state index < -0.39 is 23.2 Å². The predicted molar refractivity (Wildman–Crippen MR) is 95.1 cm³/mol. The van der Waals surface area contributed by atoms with Gasteiger partial charge in [0.05, 0.1) is 0 Å². The zero-order valence-electron chi connectivity index (χ0n) is 14.3. The van der Waals surface area contributed by atoms with Crippen LogP contribution < -0.4 is 0 Å². The molecule has 4 unspecified atom stereocenters. The number of rotatable bonds is 2. The van der Waals surface area contributed by atoms with Crippen LogP contribution >= 0.6 is 0 Å². The van der Waals surface area contributed by atoms with Crippen molar-refractivity contribution in [3.8, 4) is 0 Å². The van der Waals surface area contributed by atoms with Gasteiger partial charge in [-0.15, -0.1) is 0 Å². The number of fused-ring (bicyclic) bond motifs is 2. The van der Waals surface area contributed by atoms with Crippen LogP contribution in [0.25, 0.3) is 0 Å². The van der Waals surface area contributed by atoms with E-state index >= 15 is 0 Å². The molecule has 4 aliphatic rings. The van der Waals surface area contributed by atoms with E-state index in [4.69, 9.17) is 0 Å². The summed E-state index contributed by atoms with van der Waals surface area (Å²) in [6.45, 7) is 0. The number of allylic oxidation sites excluding steroid dienone is 8. The maximum absolute atomic E-state index is 2.52. The summed E-state index contributed by atoms with van der Waals surface area (Å²) in [4.78, 5) is 0. The van der Waals surface area contributed by atoms with Gasteiger partial charge in [0, 0.05) is 0 Å². The Morgan fingerprint density at radius 2 is 1.09 bits per heavy atom. The first-order chi connectivity index (χ1) is 11.4. The van der Waals surface area contributed by atoms with Crippen molar-refractivity contribution in [3.05, 3.63) is 47.6 Å². The zero-order chi connectivity index (χ0) is 15.5. The molecule has 4 rings (SSSR count). The standard InChI is InChI=1S/2C11H15.Zr/c2*1-2-4-7-11-9-5-8-10(11)6-3-1;/h2*5-6,8-9,11H,1-4,7H2;. The molecular weight excluding hydrogens is 355 g/mol. The third kappa shape index (κ3) is 3.76. The summed E-state index contributed by atoms with van der Waals surface area (Å²) in [5.41, 5.74) is 3.72. The maximum atomic E-state index is 2.52. The Morgan fingerprint density at radius 1 is 0.609 bits per heavy atom. The van der Waals surface area contributed by atoms with E-state index in [9.17, 15) is 0 Å². The first kappa shape index (κ1) is 16.3. The van der Waals surface area contributed by atoms with Crippen LogP contribution in [-0.4, -0.2) is 0 Å². The van der Waals surface area contributed by atoms with E-state index in [2.05, 4.69) is 36.5 Å². The van der Waals surface area contributed by atoms with Crippen molar-refractivity contribution in [2.45, 2.75) is 71.5 Å². The van der Waals surface area contributed by atoms with Gasteiger partial charge in [-0.1, -0.05) is 0 Å². The van der Waals surface area contributed by atoms with E-state index in [1.54, 1.807) is 0 Å². The van der Waals surface area contributed by atoms with Crippen molar-refractivity contribution in [1.29, 1.82) is 0 Å². The molecule has 0 heterocycles. The summed E-state index contributed by atoms with van der Waals surface area (Å²) < 4.78 is 2.04. The molecule has 4 atom stereocenters. The first-order valence-electron chi connectivity index (χ1n) is 9.94. The van der Waals surface area contributed by atoms with Crippen LogP contribution in [0.1, 0.15) is 64.2 Å². The summed E-state index contributed by atoms with van der Waals surface area (Å²) in [6.07, 6.45) is 29.5. The second kappa shape index (κ2) is 7.82. The molecule has 2 fully saturated rings. The molecule has 0 aromatic rings. The molecule has 23 heavy (non-hydrogen) atoms. The molecular formula is C22H30Zr. The molecule has 0 aliphatic heterocycles. The molecule has 1 heteroatoms. The average Bonchev–Trinajstić information content (AvgIpc) is 3.15. The Bertz CT molecular complexity index is 488. The fraction of sp³-hybridized carbons (Fsp3) is 0.636. The normalized spacial score (nSPS) is 36.9. The third-order valence-corrected chi connectivity index (χ3v) is 11.4. The van der Waals surface area contributed by atoms with Crippen LogP contribution in [0.3, 0.4) is 0 Å². The van der Waals surface area contributed by atoms with E-state index in [0.717, 1.165) is 19.1 Å². The van der Waals surface area contributed by atoms with Crippen molar-refractivity contribution in [2.75, 3.05) is 0 Å². The van der Waals surface area contributed by atoms with Crippen molar-refractivity contribution < 1.29 is 23.2 Å². The van der Waals surface area contributed by atoms with Gasteiger partial charge in [-0.25, -0.2) is 0 Å². The van der Waals surface area contributed by atoms with Crippen molar-refractivity contribution in [1.82, 2.24) is 0 Å². The number of hydrogen-bond acceptors (Lipinski definition) is 0. The zero-order valence-corrected chi connectivity index (χ0v) is 16.8. The molecule has 2 saturated carbocycles. The molecule has 0 N–H and O–H groups in total. The summed E-state index contributed by atoms with van der Waals surface area (Å²) in [6, 6.07) is 0. The fourth-order valence-corrected chi connectivity index (χ4v) is 10.5. The van der Waals surface area contributed by atoms with Crippen LogP contribution in [0.15, 0.2) is 47.6 Å². The van der Waals surface area contributed by atoms with Gasteiger partial charge in [0.15, 0.2) is 0 Å². The number of hydrogen-bond donors (Lipinski definition) is 0. The van der Waals surface area contributed by atoms with Gasteiger partial charge in [-0.3, -0.25) is 0 Å². The summed E-state index contributed by atoms with van der Waals surface area (Å²) in [5, 5.41) is 0. The van der Waals surface area contributed by atoms with Crippen LogP contribution in [0.5, 0.6) is 0 Å². The summed E-state index contributed by atoms with van der Waals surface area (Å²) in [7, 11) is 0. The molecule has 0 spiro atoms. The van der Waals surface area contributed by atoms with E-state index in [1.165, 1.54) is 64.2 Å². The fourth-order valence-electron chi connectivity index (χ4n) is 5.06. The minimum atomic E-state index is -0.408. The predicted octanol–water partition coefficient (Wildman–Crippen LogP) is 6.80. The minimum absolute atomic E-state index is 0.408. The van der Waals surface area contributed by atoms with Gasteiger partial charge in [-0.2, -0.15) is 0 Å². The Kier molecular flexibility index (Phi) is 5.55. The van der Waals surface area contributed by atoms with Gasteiger partial charge in [-0.05, 0) is 0 Å². The third-order valence-electron chi connectivity index (χ3n) is 6.34. The molecule has 122 valence electrons. The monoisotopic (exact) mass is 384 g/mol. The van der Waals surface area contributed by atoms with Crippen molar-refractivity contribution >= 4 is 0 Å². The van der Waals surface area contributed by atoms with Crippen LogP contribution in [0, 0.1) is 11.8 Å². The molecule has 0 aromatic heterocycles. The van der Waals surface area contributed by atoms with Gasteiger partial charge in [0.1, 0.15) is 0 Å². The first-order valence-corrected chi connectivity index (χ1v) is 12.8. The van der Waals surface area contributed by atoms with Crippen molar-refractivity contribution in [2.24, 2.45) is 11.8 Å². The molecule has 0 nitrogen and oxygen atoms in total. The average molecular weight is 386 g/mol. The Morgan fingerprint density at radius 3 is 1.61 bits per heavy atom. The summed E-state index contributed by atoms with van der Waals surface area (Å²) in [5.74, 6) is 1.64. The van der Waals surface area contributed by atoms with Crippen LogP contribution in [0.4, 0.5) is 0 Å². The topological polar surface area (TPSA) is 0 Å². The SMILES string of the molecule is C1=CC2CCCCC[CH]([Zr][CH]3CCCCCC4C=CC=C43)C2=C1.